The molecule has 0 saturated heterocycles. The fraction of sp³-hybridized carbons (Fsp3) is 0.263. The van der Waals surface area contributed by atoms with Crippen molar-refractivity contribution in [2.75, 3.05) is 14.2 Å². The molecule has 0 heterocycles. The van der Waals surface area contributed by atoms with Gasteiger partial charge in [-0.25, -0.2) is 4.79 Å². The summed E-state index contributed by atoms with van der Waals surface area (Å²) in [5.74, 6) is 0.771. The van der Waals surface area contributed by atoms with Gasteiger partial charge in [0, 0.05) is 23.1 Å². The molecule has 5 nitrogen and oxygen atoms in total. The first-order valence-electron chi connectivity index (χ1n) is 7.64. The Labute approximate surface area is 151 Å². The largest absolute Gasteiger partial charge is 0.497 e. The van der Waals surface area contributed by atoms with E-state index in [0.717, 1.165) is 21.8 Å². The van der Waals surface area contributed by atoms with Crippen molar-refractivity contribution in [3.63, 3.8) is 0 Å². The molecule has 0 aromatic heterocycles. The highest BCUT2D eigenvalue weighted by Gasteiger charge is 2.12. The summed E-state index contributed by atoms with van der Waals surface area (Å²) in [7, 11) is 2.97. The molecule has 0 N–H and O–H groups in total. The van der Waals surface area contributed by atoms with Crippen LogP contribution in [-0.4, -0.2) is 26.2 Å². The summed E-state index contributed by atoms with van der Waals surface area (Å²) < 4.78 is 15.0. The Bertz CT molecular complexity index is 740. The van der Waals surface area contributed by atoms with Gasteiger partial charge in [0.05, 0.1) is 19.8 Å². The number of ether oxygens (including phenoxy) is 3. The maximum atomic E-state index is 11.8. The van der Waals surface area contributed by atoms with E-state index >= 15 is 0 Å². The second-order valence-corrected chi connectivity index (χ2v) is 6.25. The summed E-state index contributed by atoms with van der Waals surface area (Å²) in [5, 5.41) is 0. The average molecular weight is 360 g/mol. The maximum absolute atomic E-state index is 11.8. The number of hydrogen-bond acceptors (Lipinski definition) is 6. The van der Waals surface area contributed by atoms with Crippen molar-refractivity contribution >= 4 is 23.7 Å². The molecule has 0 spiro atoms. The Kier molecular flexibility index (Phi) is 6.89. The van der Waals surface area contributed by atoms with Gasteiger partial charge < -0.3 is 14.2 Å². The lowest BCUT2D eigenvalue weighted by atomic mass is 10.1. The van der Waals surface area contributed by atoms with Crippen LogP contribution in [0.2, 0.25) is 0 Å². The molecule has 2 aromatic carbocycles. The van der Waals surface area contributed by atoms with Crippen LogP contribution in [0.4, 0.5) is 0 Å². The number of hydrogen-bond donors (Lipinski definition) is 0. The smallest absolute Gasteiger partial charge is 0.337 e. The lowest BCUT2D eigenvalue weighted by Crippen LogP contribution is -2.04. The molecule has 6 heteroatoms. The zero-order valence-corrected chi connectivity index (χ0v) is 15.2. The number of rotatable bonds is 7. The number of thioether (sulfide) groups is 1. The van der Waals surface area contributed by atoms with Crippen LogP contribution in [0.25, 0.3) is 0 Å². The zero-order chi connectivity index (χ0) is 18.2. The SMILES string of the molecule is COC(=O)c1ccc(COC(C)=O)c(SCc2ccc(OC)cc2)c1. The Balaban J connectivity index is 2.18. The summed E-state index contributed by atoms with van der Waals surface area (Å²) in [6.07, 6.45) is 0. The van der Waals surface area contributed by atoms with E-state index in [9.17, 15) is 9.59 Å². The van der Waals surface area contributed by atoms with Crippen molar-refractivity contribution in [2.45, 2.75) is 24.2 Å². The molecule has 0 bridgehead atoms. The fourth-order valence-corrected chi connectivity index (χ4v) is 3.15. The summed E-state index contributed by atoms with van der Waals surface area (Å²) in [4.78, 5) is 23.7. The van der Waals surface area contributed by atoms with Gasteiger partial charge in [-0.05, 0) is 29.8 Å². The third-order valence-electron chi connectivity index (χ3n) is 3.47. The van der Waals surface area contributed by atoms with Crippen LogP contribution in [0, 0.1) is 0 Å². The lowest BCUT2D eigenvalue weighted by Gasteiger charge is -2.11. The van der Waals surface area contributed by atoms with Gasteiger partial charge in [0.25, 0.3) is 0 Å². The molecule has 0 unspecified atom stereocenters. The monoisotopic (exact) mass is 360 g/mol. The predicted molar refractivity (Wildman–Crippen MR) is 95.8 cm³/mol. The van der Waals surface area contributed by atoms with Crippen LogP contribution in [0.15, 0.2) is 47.4 Å². The third-order valence-corrected chi connectivity index (χ3v) is 4.64. The summed E-state index contributed by atoms with van der Waals surface area (Å²) in [5.41, 5.74) is 2.43. The second kappa shape index (κ2) is 9.13. The number of methoxy groups -OCH3 is 2. The third kappa shape index (κ3) is 5.53. The zero-order valence-electron chi connectivity index (χ0n) is 14.4. The van der Waals surface area contributed by atoms with Crippen molar-refractivity contribution in [2.24, 2.45) is 0 Å². The van der Waals surface area contributed by atoms with Gasteiger partial charge in [-0.2, -0.15) is 0 Å². The van der Waals surface area contributed by atoms with E-state index in [0.29, 0.717) is 11.3 Å². The van der Waals surface area contributed by atoms with Gasteiger partial charge in [-0.1, -0.05) is 18.2 Å². The molecule has 0 fully saturated rings. The minimum atomic E-state index is -0.398. The normalized spacial score (nSPS) is 10.2. The van der Waals surface area contributed by atoms with E-state index in [1.54, 1.807) is 37.1 Å². The highest BCUT2D eigenvalue weighted by Crippen LogP contribution is 2.29. The van der Waals surface area contributed by atoms with E-state index in [2.05, 4.69) is 0 Å². The summed E-state index contributed by atoms with van der Waals surface area (Å²) >= 11 is 1.57. The molecule has 0 atom stereocenters. The molecular weight excluding hydrogens is 340 g/mol. The quantitative estimate of drug-likeness (QED) is 0.552. The van der Waals surface area contributed by atoms with Crippen LogP contribution in [0.5, 0.6) is 5.75 Å². The highest BCUT2D eigenvalue weighted by atomic mass is 32.2. The first-order valence-corrected chi connectivity index (χ1v) is 8.62. The Hall–Kier alpha value is -2.47. The van der Waals surface area contributed by atoms with Gasteiger partial charge in [-0.15, -0.1) is 11.8 Å². The summed E-state index contributed by atoms with van der Waals surface area (Å²) in [6.45, 7) is 1.54. The fourth-order valence-electron chi connectivity index (χ4n) is 2.12. The van der Waals surface area contributed by atoms with Crippen LogP contribution in [-0.2, 0) is 26.6 Å². The van der Waals surface area contributed by atoms with E-state index in [1.807, 2.05) is 24.3 Å². The Morgan fingerprint density at radius 1 is 1.04 bits per heavy atom. The van der Waals surface area contributed by atoms with Gasteiger partial charge in [0.1, 0.15) is 12.4 Å². The molecule has 0 aliphatic heterocycles. The maximum Gasteiger partial charge on any atom is 0.337 e. The van der Waals surface area contributed by atoms with E-state index < -0.39 is 5.97 Å². The predicted octanol–water partition coefficient (Wildman–Crippen LogP) is 3.84. The molecule has 0 aliphatic carbocycles. The van der Waals surface area contributed by atoms with Crippen molar-refractivity contribution < 1.29 is 23.8 Å². The van der Waals surface area contributed by atoms with Crippen LogP contribution in [0.3, 0.4) is 0 Å². The molecule has 2 rings (SSSR count). The van der Waals surface area contributed by atoms with E-state index in [4.69, 9.17) is 14.2 Å². The van der Waals surface area contributed by atoms with Crippen LogP contribution >= 0.6 is 11.8 Å². The minimum absolute atomic E-state index is 0.168. The van der Waals surface area contributed by atoms with Crippen molar-refractivity contribution in [3.8, 4) is 5.75 Å². The van der Waals surface area contributed by atoms with Gasteiger partial charge in [-0.3, -0.25) is 4.79 Å². The topological polar surface area (TPSA) is 61.8 Å². The number of carbonyl (C=O) groups is 2. The number of esters is 2. The molecule has 0 radical (unpaired) electrons. The van der Waals surface area contributed by atoms with Gasteiger partial charge in [0.15, 0.2) is 0 Å². The van der Waals surface area contributed by atoms with Crippen molar-refractivity contribution in [1.82, 2.24) is 0 Å². The van der Waals surface area contributed by atoms with Gasteiger partial charge >= 0.3 is 11.9 Å². The lowest BCUT2D eigenvalue weighted by molar-refractivity contribution is -0.142. The van der Waals surface area contributed by atoms with E-state index in [1.165, 1.54) is 14.0 Å². The highest BCUT2D eigenvalue weighted by molar-refractivity contribution is 7.98. The first-order chi connectivity index (χ1) is 12.0. The molecule has 132 valence electrons. The molecule has 2 aromatic rings. The molecule has 0 aliphatic rings. The molecular formula is C19H20O5S. The number of carbonyl (C=O) groups excluding carboxylic acids is 2. The van der Waals surface area contributed by atoms with Crippen molar-refractivity contribution in [3.05, 3.63) is 59.2 Å². The minimum Gasteiger partial charge on any atom is -0.497 e. The first kappa shape index (κ1) is 18.9. The van der Waals surface area contributed by atoms with Crippen molar-refractivity contribution in [1.29, 1.82) is 0 Å². The number of benzene rings is 2. The van der Waals surface area contributed by atoms with Gasteiger partial charge in [0.2, 0.25) is 0 Å². The van der Waals surface area contributed by atoms with Crippen LogP contribution < -0.4 is 4.74 Å². The molecule has 0 amide bonds. The average Bonchev–Trinajstić information content (AvgIpc) is 2.64. The molecule has 25 heavy (non-hydrogen) atoms. The Morgan fingerprint density at radius 2 is 1.76 bits per heavy atom. The molecule has 0 saturated carbocycles. The summed E-state index contributed by atoms with van der Waals surface area (Å²) in [6, 6.07) is 13.0. The standard InChI is InChI=1S/C19H20O5S/c1-13(20)24-11-16-7-6-15(19(21)23-3)10-18(16)25-12-14-4-8-17(22-2)9-5-14/h4-10H,11-12H2,1-3H3. The second-order valence-electron chi connectivity index (χ2n) is 5.23. The Morgan fingerprint density at radius 3 is 2.36 bits per heavy atom. The van der Waals surface area contributed by atoms with E-state index in [-0.39, 0.29) is 12.6 Å². The van der Waals surface area contributed by atoms with Crippen LogP contribution in [0.1, 0.15) is 28.4 Å².